The molecule has 0 radical (unpaired) electrons. The van der Waals surface area contributed by atoms with Crippen LogP contribution in [0, 0.1) is 39.9 Å². The van der Waals surface area contributed by atoms with E-state index in [9.17, 15) is 5.41 Å². The highest BCUT2D eigenvalue weighted by Gasteiger charge is 2.53. The normalized spacial score (nSPS) is 35.9. The molecule has 7 heteroatoms. The number of hydrogen-bond acceptors (Lipinski definition) is 3. The highest BCUT2D eigenvalue weighted by atomic mass is 15.5. The average Bonchev–Trinajstić information content (AvgIpc) is 3.67. The molecule has 242 valence electrons. The molecule has 1 aromatic carbocycles. The van der Waals surface area contributed by atoms with Gasteiger partial charge in [-0.25, -0.2) is 0 Å². The van der Waals surface area contributed by atoms with Gasteiger partial charge in [-0.3, -0.25) is 15.7 Å². The van der Waals surface area contributed by atoms with Crippen molar-refractivity contribution >= 4 is 11.9 Å². The van der Waals surface area contributed by atoms with Crippen LogP contribution in [0.2, 0.25) is 0 Å². The smallest absolute Gasteiger partial charge is 0.194 e. The number of nitrogens with one attached hydrogen (secondary N) is 3. The summed E-state index contributed by atoms with van der Waals surface area (Å²) in [5.74, 6) is 4.84. The zero-order valence-corrected chi connectivity index (χ0v) is 27.8. The maximum atomic E-state index is 9.77. The van der Waals surface area contributed by atoms with E-state index in [-0.39, 0.29) is 0 Å². The molecule has 8 rings (SSSR count). The number of guanidine groups is 2. The van der Waals surface area contributed by atoms with Gasteiger partial charge in [-0.2, -0.15) is 0 Å². The predicted molar refractivity (Wildman–Crippen MR) is 180 cm³/mol. The maximum absolute atomic E-state index is 9.77. The Morgan fingerprint density at radius 3 is 2.32 bits per heavy atom. The number of rotatable bonds is 12. The summed E-state index contributed by atoms with van der Waals surface area (Å²) in [6.45, 7) is 13.0. The van der Waals surface area contributed by atoms with E-state index in [1.165, 1.54) is 69.8 Å². The van der Waals surface area contributed by atoms with Crippen LogP contribution in [0.1, 0.15) is 90.5 Å². The quantitative estimate of drug-likeness (QED) is 0.280. The van der Waals surface area contributed by atoms with Crippen LogP contribution >= 0.6 is 0 Å². The molecule has 0 spiro atoms. The number of benzene rings is 1. The van der Waals surface area contributed by atoms with Crippen molar-refractivity contribution < 1.29 is 0 Å². The van der Waals surface area contributed by atoms with Crippen LogP contribution in [0.15, 0.2) is 30.3 Å². The Kier molecular flexibility index (Phi) is 8.62. The monoisotopic (exact) mass is 601 g/mol. The third kappa shape index (κ3) is 5.99. The molecule has 44 heavy (non-hydrogen) atoms. The van der Waals surface area contributed by atoms with Crippen molar-refractivity contribution in [1.29, 1.82) is 10.8 Å². The van der Waals surface area contributed by atoms with Crippen LogP contribution in [0.4, 0.5) is 0 Å². The van der Waals surface area contributed by atoms with E-state index in [4.69, 9.17) is 5.41 Å². The lowest BCUT2D eigenvalue weighted by Crippen LogP contribution is -2.54. The molecule has 1 aromatic rings. The minimum atomic E-state index is 0.295. The molecule has 4 aliphatic carbocycles. The first-order valence-corrected chi connectivity index (χ1v) is 18.3. The largest absolute Gasteiger partial charge is 0.354 e. The molecule has 3 N–H and O–H groups in total. The number of likely N-dealkylation sites (tertiary alicyclic amines) is 1. The third-order valence-electron chi connectivity index (χ3n) is 12.7. The highest BCUT2D eigenvalue weighted by Crippen LogP contribution is 2.60. The minimum absolute atomic E-state index is 0.295. The zero-order valence-electron chi connectivity index (χ0n) is 27.8. The lowest BCUT2D eigenvalue weighted by Gasteiger charge is -2.58. The van der Waals surface area contributed by atoms with E-state index in [1.54, 1.807) is 0 Å². The van der Waals surface area contributed by atoms with E-state index in [2.05, 4.69) is 76.0 Å². The molecule has 0 aromatic heterocycles. The first kappa shape index (κ1) is 30.4. The van der Waals surface area contributed by atoms with E-state index >= 15 is 0 Å². The summed E-state index contributed by atoms with van der Waals surface area (Å²) in [6, 6.07) is 12.7. The Balaban J connectivity index is 1.10. The SMILES string of the molecule is CCC[C@@H]1CN([C@H](Cc2ccccc2)CN2CCCC2CN2C(=N)NC[C@H]2C(C)C)C(=N)N1CC12CC3CC(CC(C3)C1)C2. The van der Waals surface area contributed by atoms with E-state index < -0.39 is 0 Å². The van der Waals surface area contributed by atoms with Crippen molar-refractivity contribution in [1.82, 2.24) is 24.9 Å². The lowest BCUT2D eigenvalue weighted by atomic mass is 9.49. The van der Waals surface area contributed by atoms with Crippen LogP contribution in [0.3, 0.4) is 0 Å². The topological polar surface area (TPSA) is 72.7 Å². The predicted octanol–water partition coefficient (Wildman–Crippen LogP) is 5.86. The first-order valence-electron chi connectivity index (χ1n) is 18.3. The summed E-state index contributed by atoms with van der Waals surface area (Å²) >= 11 is 0. The average molecular weight is 602 g/mol. The van der Waals surface area contributed by atoms with Gasteiger partial charge in [0.2, 0.25) is 0 Å². The van der Waals surface area contributed by atoms with E-state index in [0.29, 0.717) is 41.5 Å². The molecule has 7 aliphatic rings. The van der Waals surface area contributed by atoms with Crippen LogP contribution in [-0.4, -0.2) is 95.0 Å². The molecule has 1 unspecified atom stereocenters. The highest BCUT2D eigenvalue weighted by molar-refractivity contribution is 5.80. The second kappa shape index (κ2) is 12.5. The van der Waals surface area contributed by atoms with Gasteiger partial charge >= 0.3 is 0 Å². The molecule has 0 amide bonds. The van der Waals surface area contributed by atoms with Gasteiger partial charge in [0, 0.05) is 50.8 Å². The van der Waals surface area contributed by atoms with Crippen molar-refractivity contribution in [2.75, 3.05) is 39.3 Å². The van der Waals surface area contributed by atoms with Crippen LogP contribution in [0.25, 0.3) is 0 Å². The molecule has 3 heterocycles. The minimum Gasteiger partial charge on any atom is -0.354 e. The first-order chi connectivity index (χ1) is 21.3. The summed E-state index contributed by atoms with van der Waals surface area (Å²) in [5, 5.41) is 21.7. The summed E-state index contributed by atoms with van der Waals surface area (Å²) in [4.78, 5) is 10.2. The molecular weight excluding hydrogens is 542 g/mol. The Bertz CT molecular complexity index is 1130. The molecule has 3 aliphatic heterocycles. The fourth-order valence-electron chi connectivity index (χ4n) is 11.1. The van der Waals surface area contributed by atoms with Gasteiger partial charge in [0.05, 0.1) is 6.04 Å². The van der Waals surface area contributed by atoms with Crippen molar-refractivity contribution in [2.45, 2.75) is 116 Å². The van der Waals surface area contributed by atoms with Crippen molar-refractivity contribution in [3.8, 4) is 0 Å². The molecule has 4 saturated carbocycles. The van der Waals surface area contributed by atoms with Gasteiger partial charge in [-0.1, -0.05) is 57.5 Å². The third-order valence-corrected chi connectivity index (χ3v) is 12.7. The van der Waals surface area contributed by atoms with Gasteiger partial charge in [-0.15, -0.1) is 0 Å². The molecular formula is C37H59N7. The summed E-state index contributed by atoms with van der Waals surface area (Å²) in [6.07, 6.45) is 14.5. The summed E-state index contributed by atoms with van der Waals surface area (Å²) in [7, 11) is 0. The van der Waals surface area contributed by atoms with Gasteiger partial charge in [0.25, 0.3) is 0 Å². The van der Waals surface area contributed by atoms with Crippen LogP contribution in [-0.2, 0) is 6.42 Å². The van der Waals surface area contributed by atoms with Crippen molar-refractivity contribution in [2.24, 2.45) is 29.1 Å². The standard InChI is InChI=1S/C37H59N7/c1-4-9-32-24-42(36(39)44(32)25-37-18-28-14-29(19-37)16-30(15-28)20-37)33(17-27-10-6-5-7-11-27)22-41-13-8-12-31(41)23-43-34(26(2)3)21-40-35(43)38/h5-7,10-11,26,28-34,39H,4,8-9,12-25H2,1-3H3,(H2,38,40)/t28?,29?,30?,31?,32-,33-,34+,37?/m1/s1. The van der Waals surface area contributed by atoms with Crippen molar-refractivity contribution in [3.63, 3.8) is 0 Å². The number of nitrogens with zero attached hydrogens (tertiary/aromatic N) is 4. The van der Waals surface area contributed by atoms with E-state index in [1.807, 2.05) is 0 Å². The zero-order chi connectivity index (χ0) is 30.4. The molecule has 7 fully saturated rings. The summed E-state index contributed by atoms with van der Waals surface area (Å²) < 4.78 is 0. The van der Waals surface area contributed by atoms with Gasteiger partial charge in [0.1, 0.15) is 0 Å². The Morgan fingerprint density at radius 2 is 1.66 bits per heavy atom. The fourth-order valence-corrected chi connectivity index (χ4v) is 11.1. The number of hydrogen-bond donors (Lipinski definition) is 3. The second-order valence-corrected chi connectivity index (χ2v) is 16.3. The van der Waals surface area contributed by atoms with Crippen LogP contribution < -0.4 is 5.32 Å². The van der Waals surface area contributed by atoms with E-state index in [0.717, 1.165) is 69.4 Å². The van der Waals surface area contributed by atoms with Gasteiger partial charge in [-0.05, 0) is 105 Å². The fraction of sp³-hybridized carbons (Fsp3) is 0.784. The van der Waals surface area contributed by atoms with Gasteiger partial charge < -0.3 is 20.0 Å². The van der Waals surface area contributed by atoms with Crippen molar-refractivity contribution in [3.05, 3.63) is 35.9 Å². The lowest BCUT2D eigenvalue weighted by molar-refractivity contribution is -0.0638. The molecule has 3 saturated heterocycles. The molecule has 7 nitrogen and oxygen atoms in total. The molecule has 4 bridgehead atoms. The maximum Gasteiger partial charge on any atom is 0.194 e. The van der Waals surface area contributed by atoms with Crippen LogP contribution in [0.5, 0.6) is 0 Å². The molecule has 4 atom stereocenters. The Morgan fingerprint density at radius 1 is 0.955 bits per heavy atom. The second-order valence-electron chi connectivity index (χ2n) is 16.3. The Labute approximate surface area is 267 Å². The van der Waals surface area contributed by atoms with Gasteiger partial charge in [0.15, 0.2) is 11.9 Å². The Hall–Kier alpha value is -2.28. The summed E-state index contributed by atoms with van der Waals surface area (Å²) in [5.41, 5.74) is 1.84.